The van der Waals surface area contributed by atoms with Gasteiger partial charge >= 0.3 is 5.97 Å². The third-order valence-electron chi connectivity index (χ3n) is 7.78. The lowest BCUT2D eigenvalue weighted by atomic mass is 9.92. The summed E-state index contributed by atoms with van der Waals surface area (Å²) in [7, 11) is 1.95. The van der Waals surface area contributed by atoms with Crippen molar-refractivity contribution in [3.05, 3.63) is 65.0 Å². The van der Waals surface area contributed by atoms with E-state index in [1.165, 1.54) is 17.7 Å². The van der Waals surface area contributed by atoms with Crippen molar-refractivity contribution < 1.29 is 9.90 Å². The fourth-order valence-corrected chi connectivity index (χ4v) is 5.89. The van der Waals surface area contributed by atoms with Crippen LogP contribution in [0.3, 0.4) is 0 Å². The molecule has 1 aromatic carbocycles. The fourth-order valence-electron chi connectivity index (χ4n) is 5.89. The summed E-state index contributed by atoms with van der Waals surface area (Å²) < 4.78 is 1.89. The number of carboxylic acids is 1. The van der Waals surface area contributed by atoms with Gasteiger partial charge in [0, 0.05) is 43.9 Å². The number of benzene rings is 1. The molecule has 0 radical (unpaired) electrons. The van der Waals surface area contributed by atoms with Gasteiger partial charge < -0.3 is 15.3 Å². The standard InChI is InChI=1S/C29H37N5O2/c1-20-17-31-33(2)28(20)24-6-3-5-23(15-24)25(16-27(35)36)19-34-14-12-21(18-34)8-10-26-11-9-22-7-4-13-30-29(22)32-26/h3,5-6,9,11,15,17,21,25H,4,7-8,10,12-14,16,18-19H2,1-2H3,(H,30,32)(H,35,36). The number of likely N-dealkylation sites (tertiary alicyclic amines) is 1. The normalized spacial score (nSPS) is 18.6. The van der Waals surface area contributed by atoms with E-state index < -0.39 is 5.97 Å². The minimum Gasteiger partial charge on any atom is -0.481 e. The van der Waals surface area contributed by atoms with E-state index in [4.69, 9.17) is 4.98 Å². The molecule has 7 nitrogen and oxygen atoms in total. The van der Waals surface area contributed by atoms with Gasteiger partial charge in [-0.3, -0.25) is 9.48 Å². The zero-order chi connectivity index (χ0) is 25.1. The number of pyridine rings is 1. The van der Waals surface area contributed by atoms with Crippen LogP contribution in [0.5, 0.6) is 0 Å². The summed E-state index contributed by atoms with van der Waals surface area (Å²) in [5.41, 5.74) is 6.89. The molecule has 36 heavy (non-hydrogen) atoms. The molecule has 2 atom stereocenters. The van der Waals surface area contributed by atoms with Crippen molar-refractivity contribution in [3.63, 3.8) is 0 Å². The average Bonchev–Trinajstić information content (AvgIpc) is 3.47. The van der Waals surface area contributed by atoms with E-state index in [1.807, 2.05) is 24.0 Å². The number of aliphatic carboxylic acids is 1. The number of aryl methyl sites for hydroxylation is 4. The zero-order valence-electron chi connectivity index (χ0n) is 21.4. The molecule has 2 aliphatic heterocycles. The van der Waals surface area contributed by atoms with Gasteiger partial charge in [0.25, 0.3) is 0 Å². The van der Waals surface area contributed by atoms with E-state index in [9.17, 15) is 9.90 Å². The lowest BCUT2D eigenvalue weighted by molar-refractivity contribution is -0.137. The van der Waals surface area contributed by atoms with Crippen LogP contribution in [-0.2, 0) is 24.7 Å². The van der Waals surface area contributed by atoms with Gasteiger partial charge in [-0.05, 0) is 80.3 Å². The van der Waals surface area contributed by atoms with Gasteiger partial charge in [-0.15, -0.1) is 0 Å². The van der Waals surface area contributed by atoms with Gasteiger partial charge in [0.05, 0.1) is 18.3 Å². The lowest BCUT2D eigenvalue weighted by Crippen LogP contribution is -2.28. The fraction of sp³-hybridized carbons (Fsp3) is 0.483. The van der Waals surface area contributed by atoms with Gasteiger partial charge in [0.1, 0.15) is 5.82 Å². The number of anilines is 1. The van der Waals surface area contributed by atoms with Crippen LogP contribution < -0.4 is 5.32 Å². The molecule has 2 aromatic heterocycles. The molecule has 1 saturated heterocycles. The van der Waals surface area contributed by atoms with Crippen LogP contribution in [0.2, 0.25) is 0 Å². The van der Waals surface area contributed by atoms with E-state index in [1.54, 1.807) is 0 Å². The van der Waals surface area contributed by atoms with E-state index in [-0.39, 0.29) is 12.3 Å². The Bertz CT molecular complexity index is 1200. The summed E-state index contributed by atoms with van der Waals surface area (Å²) in [6.45, 7) is 5.91. The highest BCUT2D eigenvalue weighted by molar-refractivity contribution is 5.69. The van der Waals surface area contributed by atoms with Crippen LogP contribution in [0.4, 0.5) is 5.82 Å². The Morgan fingerprint density at radius 1 is 1.28 bits per heavy atom. The Balaban J connectivity index is 1.22. The molecule has 3 aromatic rings. The Labute approximate surface area is 213 Å². The quantitative estimate of drug-likeness (QED) is 0.457. The number of carboxylic acid groups (broad SMARTS) is 1. The SMILES string of the molecule is Cc1cnn(C)c1-c1cccc(C(CC(=O)O)CN2CCC(CCc3ccc4c(n3)NCCC4)C2)c1. The molecule has 5 rings (SSSR count). The van der Waals surface area contributed by atoms with Crippen molar-refractivity contribution in [1.82, 2.24) is 19.7 Å². The van der Waals surface area contributed by atoms with Crippen LogP contribution >= 0.6 is 0 Å². The molecule has 0 saturated carbocycles. The molecule has 4 heterocycles. The second kappa shape index (κ2) is 10.8. The molecule has 0 amide bonds. The van der Waals surface area contributed by atoms with Gasteiger partial charge in [0.15, 0.2) is 0 Å². The molecular weight excluding hydrogens is 450 g/mol. The van der Waals surface area contributed by atoms with Crippen molar-refractivity contribution in [1.29, 1.82) is 0 Å². The molecule has 7 heteroatoms. The minimum atomic E-state index is -0.745. The predicted octanol–water partition coefficient (Wildman–Crippen LogP) is 4.66. The molecular formula is C29H37N5O2. The van der Waals surface area contributed by atoms with Crippen molar-refractivity contribution in [2.45, 2.75) is 51.4 Å². The topological polar surface area (TPSA) is 83.3 Å². The van der Waals surface area contributed by atoms with Gasteiger partial charge in [-0.25, -0.2) is 4.98 Å². The van der Waals surface area contributed by atoms with E-state index >= 15 is 0 Å². The summed E-state index contributed by atoms with van der Waals surface area (Å²) in [6.07, 6.45) is 7.60. The number of rotatable bonds is 9. The molecule has 0 spiro atoms. The largest absolute Gasteiger partial charge is 0.481 e. The van der Waals surface area contributed by atoms with Crippen LogP contribution in [0.15, 0.2) is 42.6 Å². The number of nitrogens with zero attached hydrogens (tertiary/aromatic N) is 4. The highest BCUT2D eigenvalue weighted by Crippen LogP contribution is 2.31. The summed E-state index contributed by atoms with van der Waals surface area (Å²) in [5, 5.41) is 17.5. The summed E-state index contributed by atoms with van der Waals surface area (Å²) in [6, 6.07) is 12.8. The summed E-state index contributed by atoms with van der Waals surface area (Å²) in [4.78, 5) is 19.1. The van der Waals surface area contributed by atoms with Crippen molar-refractivity contribution in [2.75, 3.05) is 31.5 Å². The zero-order valence-corrected chi connectivity index (χ0v) is 21.4. The maximum absolute atomic E-state index is 11.8. The van der Waals surface area contributed by atoms with Gasteiger partial charge in [-0.2, -0.15) is 5.10 Å². The molecule has 190 valence electrons. The molecule has 1 fully saturated rings. The third-order valence-corrected chi connectivity index (χ3v) is 7.78. The maximum atomic E-state index is 11.8. The predicted molar refractivity (Wildman–Crippen MR) is 142 cm³/mol. The first-order valence-corrected chi connectivity index (χ1v) is 13.2. The number of fused-ring (bicyclic) bond motifs is 1. The highest BCUT2D eigenvalue weighted by Gasteiger charge is 2.27. The Morgan fingerprint density at radius 3 is 2.97 bits per heavy atom. The van der Waals surface area contributed by atoms with E-state index in [0.29, 0.717) is 5.92 Å². The first-order chi connectivity index (χ1) is 17.5. The lowest BCUT2D eigenvalue weighted by Gasteiger charge is -2.24. The number of aromatic nitrogens is 3. The monoisotopic (exact) mass is 487 g/mol. The van der Waals surface area contributed by atoms with Gasteiger partial charge in [-0.1, -0.05) is 24.3 Å². The minimum absolute atomic E-state index is 0.0388. The molecule has 2 aliphatic rings. The van der Waals surface area contributed by atoms with Crippen LogP contribution in [0.1, 0.15) is 54.0 Å². The third kappa shape index (κ3) is 5.62. The van der Waals surface area contributed by atoms with E-state index in [2.05, 4.69) is 52.6 Å². The maximum Gasteiger partial charge on any atom is 0.304 e. The number of nitrogens with one attached hydrogen (secondary N) is 1. The Morgan fingerprint density at radius 2 is 2.17 bits per heavy atom. The molecule has 2 unspecified atom stereocenters. The summed E-state index contributed by atoms with van der Waals surface area (Å²) in [5.74, 6) is 0.921. The van der Waals surface area contributed by atoms with E-state index in [0.717, 1.165) is 80.1 Å². The molecule has 0 bridgehead atoms. The number of carbonyl (C=O) groups is 1. The van der Waals surface area contributed by atoms with Crippen molar-refractivity contribution >= 4 is 11.8 Å². The van der Waals surface area contributed by atoms with Crippen molar-refractivity contribution in [2.24, 2.45) is 13.0 Å². The second-order valence-corrected chi connectivity index (χ2v) is 10.5. The number of hydrogen-bond acceptors (Lipinski definition) is 5. The summed E-state index contributed by atoms with van der Waals surface area (Å²) >= 11 is 0. The van der Waals surface area contributed by atoms with Crippen LogP contribution in [0, 0.1) is 12.8 Å². The number of hydrogen-bond donors (Lipinski definition) is 2. The first kappa shape index (κ1) is 24.5. The van der Waals surface area contributed by atoms with Crippen LogP contribution in [0.25, 0.3) is 11.3 Å². The average molecular weight is 488 g/mol. The van der Waals surface area contributed by atoms with Crippen LogP contribution in [-0.4, -0.2) is 56.9 Å². The van der Waals surface area contributed by atoms with Gasteiger partial charge in [0.2, 0.25) is 0 Å². The molecule has 2 N–H and O–H groups in total. The first-order valence-electron chi connectivity index (χ1n) is 13.2. The Kier molecular flexibility index (Phi) is 7.37. The smallest absolute Gasteiger partial charge is 0.304 e. The Hall–Kier alpha value is -3.19. The second-order valence-electron chi connectivity index (χ2n) is 10.5. The van der Waals surface area contributed by atoms with Crippen molar-refractivity contribution in [3.8, 4) is 11.3 Å². The molecule has 0 aliphatic carbocycles. The highest BCUT2D eigenvalue weighted by atomic mass is 16.4.